The highest BCUT2D eigenvalue weighted by molar-refractivity contribution is 5.96. The van der Waals surface area contributed by atoms with Crippen LogP contribution in [-0.4, -0.2) is 18.2 Å². The summed E-state index contributed by atoms with van der Waals surface area (Å²) in [7, 11) is 0. The Balaban J connectivity index is 2.19. The fourth-order valence-electron chi connectivity index (χ4n) is 1.18. The molecule has 0 aromatic heterocycles. The molecule has 1 saturated carbocycles. The molecule has 0 bridgehead atoms. The standard InChI is InChI=1S/C10H15NO2/c1-7(2)3-4-11-10(13)8-5-9(12)6-8/h3,8H,4-6H2,1-2H3,(H,11,13). The average Bonchev–Trinajstić information content (AvgIpc) is 1.97. The predicted octanol–water partition coefficient (Wildman–Crippen LogP) is 1.05. The third kappa shape index (κ3) is 3.01. The van der Waals surface area contributed by atoms with Crippen LogP contribution in [0.1, 0.15) is 26.7 Å². The van der Waals surface area contributed by atoms with E-state index in [4.69, 9.17) is 0 Å². The van der Waals surface area contributed by atoms with Gasteiger partial charge >= 0.3 is 0 Å². The van der Waals surface area contributed by atoms with E-state index in [1.54, 1.807) is 0 Å². The van der Waals surface area contributed by atoms with Crippen LogP contribution in [0, 0.1) is 5.92 Å². The first-order valence-electron chi connectivity index (χ1n) is 4.52. The number of rotatable bonds is 3. The van der Waals surface area contributed by atoms with E-state index in [0.717, 1.165) is 0 Å². The lowest BCUT2D eigenvalue weighted by Crippen LogP contribution is -2.38. The lowest BCUT2D eigenvalue weighted by atomic mass is 9.83. The summed E-state index contributed by atoms with van der Waals surface area (Å²) in [5, 5.41) is 2.77. The van der Waals surface area contributed by atoms with Gasteiger partial charge in [0.15, 0.2) is 0 Å². The quantitative estimate of drug-likeness (QED) is 0.661. The monoisotopic (exact) mass is 181 g/mol. The van der Waals surface area contributed by atoms with Crippen molar-refractivity contribution in [2.75, 3.05) is 6.54 Å². The van der Waals surface area contributed by atoms with E-state index in [2.05, 4.69) is 5.32 Å². The van der Waals surface area contributed by atoms with Crippen LogP contribution in [0.25, 0.3) is 0 Å². The van der Waals surface area contributed by atoms with Crippen LogP contribution >= 0.6 is 0 Å². The molecule has 1 amide bonds. The topological polar surface area (TPSA) is 46.2 Å². The van der Waals surface area contributed by atoms with Crippen LogP contribution in [-0.2, 0) is 9.59 Å². The molecule has 0 saturated heterocycles. The molecule has 0 heterocycles. The summed E-state index contributed by atoms with van der Waals surface area (Å²) in [6.45, 7) is 4.55. The average molecular weight is 181 g/mol. The first kappa shape index (κ1) is 9.96. The van der Waals surface area contributed by atoms with E-state index in [0.29, 0.717) is 19.4 Å². The van der Waals surface area contributed by atoms with Gasteiger partial charge in [0.25, 0.3) is 0 Å². The molecule has 0 atom stereocenters. The van der Waals surface area contributed by atoms with Gasteiger partial charge in [-0.15, -0.1) is 0 Å². The van der Waals surface area contributed by atoms with E-state index >= 15 is 0 Å². The number of nitrogens with one attached hydrogen (secondary N) is 1. The van der Waals surface area contributed by atoms with E-state index in [9.17, 15) is 9.59 Å². The smallest absolute Gasteiger partial charge is 0.224 e. The van der Waals surface area contributed by atoms with Crippen LogP contribution in [0.5, 0.6) is 0 Å². The Labute approximate surface area is 78.2 Å². The third-order valence-electron chi connectivity index (χ3n) is 2.11. The lowest BCUT2D eigenvalue weighted by Gasteiger charge is -2.22. The molecule has 72 valence electrons. The maximum Gasteiger partial charge on any atom is 0.224 e. The van der Waals surface area contributed by atoms with Gasteiger partial charge in [-0.2, -0.15) is 0 Å². The van der Waals surface area contributed by atoms with Crippen molar-refractivity contribution < 1.29 is 9.59 Å². The molecule has 0 radical (unpaired) electrons. The molecular formula is C10H15NO2. The summed E-state index contributed by atoms with van der Waals surface area (Å²) in [4.78, 5) is 21.9. The van der Waals surface area contributed by atoms with Crippen LogP contribution in [0.2, 0.25) is 0 Å². The van der Waals surface area contributed by atoms with Gasteiger partial charge in [-0.25, -0.2) is 0 Å². The second-order valence-corrected chi connectivity index (χ2v) is 3.67. The first-order chi connectivity index (χ1) is 6.09. The van der Waals surface area contributed by atoms with Gasteiger partial charge in [0.1, 0.15) is 5.78 Å². The fraction of sp³-hybridized carbons (Fsp3) is 0.600. The van der Waals surface area contributed by atoms with E-state index < -0.39 is 0 Å². The van der Waals surface area contributed by atoms with E-state index in [1.165, 1.54) is 5.57 Å². The number of allylic oxidation sites excluding steroid dienone is 1. The third-order valence-corrected chi connectivity index (χ3v) is 2.11. The molecule has 1 rings (SSSR count). The van der Waals surface area contributed by atoms with Gasteiger partial charge in [-0.05, 0) is 13.8 Å². The molecule has 3 nitrogen and oxygen atoms in total. The first-order valence-corrected chi connectivity index (χ1v) is 4.52. The molecule has 0 unspecified atom stereocenters. The SMILES string of the molecule is CC(C)=CCNC(=O)C1CC(=O)C1. The second kappa shape index (κ2) is 4.21. The summed E-state index contributed by atoms with van der Waals surface area (Å²) in [5.74, 6) is 0.150. The Morgan fingerprint density at radius 2 is 2.15 bits per heavy atom. The van der Waals surface area contributed by atoms with Crippen molar-refractivity contribution >= 4 is 11.7 Å². The van der Waals surface area contributed by atoms with Crippen LogP contribution in [0.15, 0.2) is 11.6 Å². The zero-order valence-corrected chi connectivity index (χ0v) is 8.09. The maximum absolute atomic E-state index is 11.3. The van der Waals surface area contributed by atoms with E-state index in [1.807, 2.05) is 19.9 Å². The Hall–Kier alpha value is -1.12. The van der Waals surface area contributed by atoms with Crippen LogP contribution in [0.4, 0.5) is 0 Å². The molecule has 1 aliphatic rings. The summed E-state index contributed by atoms with van der Waals surface area (Å²) in [5.41, 5.74) is 1.19. The summed E-state index contributed by atoms with van der Waals surface area (Å²) in [6.07, 6.45) is 2.82. The Morgan fingerprint density at radius 3 is 2.62 bits per heavy atom. The molecular weight excluding hydrogens is 166 g/mol. The van der Waals surface area contributed by atoms with Gasteiger partial charge in [0, 0.05) is 19.4 Å². The molecule has 1 fully saturated rings. The Kier molecular flexibility index (Phi) is 3.23. The van der Waals surface area contributed by atoms with Crippen molar-refractivity contribution in [2.45, 2.75) is 26.7 Å². The van der Waals surface area contributed by atoms with Crippen molar-refractivity contribution in [3.05, 3.63) is 11.6 Å². The predicted molar refractivity (Wildman–Crippen MR) is 50.2 cm³/mol. The normalized spacial score (nSPS) is 16.3. The number of hydrogen-bond acceptors (Lipinski definition) is 2. The highest BCUT2D eigenvalue weighted by Gasteiger charge is 2.32. The van der Waals surface area contributed by atoms with Crippen molar-refractivity contribution in [3.8, 4) is 0 Å². The van der Waals surface area contributed by atoms with Crippen molar-refractivity contribution in [3.63, 3.8) is 0 Å². The van der Waals surface area contributed by atoms with Gasteiger partial charge in [-0.3, -0.25) is 9.59 Å². The number of Topliss-reactive ketones (excluding diaryl/α,β-unsaturated/α-hetero) is 1. The van der Waals surface area contributed by atoms with Gasteiger partial charge in [0.05, 0.1) is 5.92 Å². The summed E-state index contributed by atoms with van der Waals surface area (Å²) < 4.78 is 0. The van der Waals surface area contributed by atoms with Gasteiger partial charge in [-0.1, -0.05) is 11.6 Å². The molecule has 0 aromatic rings. The minimum absolute atomic E-state index is 0.0112. The maximum atomic E-state index is 11.3. The van der Waals surface area contributed by atoms with Crippen molar-refractivity contribution in [1.29, 1.82) is 0 Å². The van der Waals surface area contributed by atoms with Crippen molar-refractivity contribution in [1.82, 2.24) is 5.32 Å². The zero-order chi connectivity index (χ0) is 9.84. The van der Waals surface area contributed by atoms with E-state index in [-0.39, 0.29) is 17.6 Å². The molecule has 0 spiro atoms. The minimum Gasteiger partial charge on any atom is -0.352 e. The molecule has 1 aliphatic carbocycles. The molecule has 3 heteroatoms. The number of carbonyl (C=O) groups is 2. The van der Waals surface area contributed by atoms with Gasteiger partial charge < -0.3 is 5.32 Å². The largest absolute Gasteiger partial charge is 0.352 e. The molecule has 0 aliphatic heterocycles. The minimum atomic E-state index is -0.0573. The number of hydrogen-bond donors (Lipinski definition) is 1. The number of amides is 1. The van der Waals surface area contributed by atoms with Gasteiger partial charge in [0.2, 0.25) is 5.91 Å². The number of carbonyl (C=O) groups excluding carboxylic acids is 2. The lowest BCUT2D eigenvalue weighted by molar-refractivity contribution is -0.137. The summed E-state index contributed by atoms with van der Waals surface area (Å²) >= 11 is 0. The summed E-state index contributed by atoms with van der Waals surface area (Å²) in [6, 6.07) is 0. The fourth-order valence-corrected chi connectivity index (χ4v) is 1.18. The number of ketones is 1. The molecule has 0 aromatic carbocycles. The Morgan fingerprint density at radius 1 is 1.54 bits per heavy atom. The highest BCUT2D eigenvalue weighted by atomic mass is 16.2. The Bertz CT molecular complexity index is 244. The highest BCUT2D eigenvalue weighted by Crippen LogP contribution is 2.22. The zero-order valence-electron chi connectivity index (χ0n) is 8.09. The second-order valence-electron chi connectivity index (χ2n) is 3.67. The van der Waals surface area contributed by atoms with Crippen molar-refractivity contribution in [2.24, 2.45) is 5.92 Å². The van der Waals surface area contributed by atoms with Crippen LogP contribution < -0.4 is 5.32 Å². The molecule has 13 heavy (non-hydrogen) atoms. The molecule has 1 N–H and O–H groups in total. The van der Waals surface area contributed by atoms with Crippen LogP contribution in [0.3, 0.4) is 0 Å².